The van der Waals surface area contributed by atoms with Crippen LogP contribution in [0, 0.1) is 0 Å². The molecule has 0 aliphatic carbocycles. The van der Waals surface area contributed by atoms with Crippen molar-refractivity contribution in [2.24, 2.45) is 5.73 Å². The highest BCUT2D eigenvalue weighted by Crippen LogP contribution is 2.24. The average molecular weight is 349 g/mol. The third-order valence-electron chi connectivity index (χ3n) is 4.31. The molecule has 3 aromatic rings. The molecule has 7 heteroatoms. The standard InChI is InChI=1S/C19H19N5O2/c20-18(25)17-19(23-16-4-2-1-3-15(16)22-17)21-13-5-7-14(8-6-13)24-9-11-26-12-10-24/h1-8H,9-12H2,(H2,20,25)(H,21,23). The Bertz CT molecular complexity index is 936. The molecule has 1 aliphatic heterocycles. The topological polar surface area (TPSA) is 93.4 Å². The third-order valence-corrected chi connectivity index (χ3v) is 4.31. The number of anilines is 3. The van der Waals surface area contributed by atoms with Crippen molar-refractivity contribution in [3.8, 4) is 0 Å². The molecule has 4 rings (SSSR count). The molecule has 1 amide bonds. The Kier molecular flexibility index (Phi) is 4.37. The van der Waals surface area contributed by atoms with Crippen LogP contribution in [0.5, 0.6) is 0 Å². The van der Waals surface area contributed by atoms with E-state index in [1.807, 2.05) is 42.5 Å². The molecule has 1 fully saturated rings. The number of fused-ring (bicyclic) bond motifs is 1. The number of ether oxygens (including phenoxy) is 1. The van der Waals surface area contributed by atoms with Gasteiger partial charge < -0.3 is 20.7 Å². The van der Waals surface area contributed by atoms with E-state index < -0.39 is 5.91 Å². The summed E-state index contributed by atoms with van der Waals surface area (Å²) >= 11 is 0. The van der Waals surface area contributed by atoms with E-state index >= 15 is 0 Å². The molecule has 0 atom stereocenters. The van der Waals surface area contributed by atoms with Crippen molar-refractivity contribution in [2.45, 2.75) is 0 Å². The predicted molar refractivity (Wildman–Crippen MR) is 101 cm³/mol. The molecule has 1 aliphatic rings. The molecule has 0 radical (unpaired) electrons. The predicted octanol–water partition coefficient (Wildman–Crippen LogP) is 2.31. The lowest BCUT2D eigenvalue weighted by atomic mass is 10.2. The number of nitrogens with one attached hydrogen (secondary N) is 1. The van der Waals surface area contributed by atoms with Gasteiger partial charge in [0, 0.05) is 24.5 Å². The van der Waals surface area contributed by atoms with Gasteiger partial charge in [-0.05, 0) is 36.4 Å². The third kappa shape index (κ3) is 3.29. The number of carbonyl (C=O) groups is 1. The van der Waals surface area contributed by atoms with Gasteiger partial charge in [-0.25, -0.2) is 9.97 Å². The van der Waals surface area contributed by atoms with Crippen molar-refractivity contribution in [3.63, 3.8) is 0 Å². The Labute approximate surface area is 150 Å². The lowest BCUT2D eigenvalue weighted by Gasteiger charge is -2.28. The number of hydrogen-bond donors (Lipinski definition) is 2. The zero-order valence-electron chi connectivity index (χ0n) is 14.2. The van der Waals surface area contributed by atoms with Crippen LogP contribution < -0.4 is 16.0 Å². The fraction of sp³-hybridized carbons (Fsp3) is 0.211. The molecule has 2 aromatic carbocycles. The normalized spacial score (nSPS) is 14.4. The maximum atomic E-state index is 11.8. The number of carbonyl (C=O) groups excluding carboxylic acids is 1. The van der Waals surface area contributed by atoms with Crippen molar-refractivity contribution in [1.82, 2.24) is 9.97 Å². The van der Waals surface area contributed by atoms with Crippen LogP contribution in [0.2, 0.25) is 0 Å². The van der Waals surface area contributed by atoms with Gasteiger partial charge in [-0.2, -0.15) is 0 Å². The minimum Gasteiger partial charge on any atom is -0.378 e. The number of para-hydroxylation sites is 2. The van der Waals surface area contributed by atoms with E-state index in [2.05, 4.69) is 20.2 Å². The molecule has 7 nitrogen and oxygen atoms in total. The van der Waals surface area contributed by atoms with Crippen molar-refractivity contribution in [3.05, 3.63) is 54.2 Å². The minimum absolute atomic E-state index is 0.126. The molecule has 26 heavy (non-hydrogen) atoms. The number of nitrogens with zero attached hydrogens (tertiary/aromatic N) is 3. The number of nitrogens with two attached hydrogens (primary N) is 1. The highest BCUT2D eigenvalue weighted by molar-refractivity contribution is 5.98. The average Bonchev–Trinajstić information content (AvgIpc) is 2.68. The summed E-state index contributed by atoms with van der Waals surface area (Å²) in [5.74, 6) is -0.258. The summed E-state index contributed by atoms with van der Waals surface area (Å²) in [6, 6.07) is 15.3. The van der Waals surface area contributed by atoms with Crippen LogP contribution in [-0.2, 0) is 4.74 Å². The smallest absolute Gasteiger partial charge is 0.271 e. The van der Waals surface area contributed by atoms with E-state index in [1.54, 1.807) is 6.07 Å². The first-order valence-electron chi connectivity index (χ1n) is 8.47. The highest BCUT2D eigenvalue weighted by Gasteiger charge is 2.15. The highest BCUT2D eigenvalue weighted by atomic mass is 16.5. The molecule has 0 saturated carbocycles. The second-order valence-corrected chi connectivity index (χ2v) is 6.05. The van der Waals surface area contributed by atoms with Gasteiger partial charge in [0.25, 0.3) is 5.91 Å². The second kappa shape index (κ2) is 6.97. The summed E-state index contributed by atoms with van der Waals surface area (Å²) in [6.07, 6.45) is 0. The minimum atomic E-state index is -0.615. The number of rotatable bonds is 4. The van der Waals surface area contributed by atoms with Gasteiger partial charge >= 0.3 is 0 Å². The van der Waals surface area contributed by atoms with Crippen LogP contribution in [0.1, 0.15) is 10.5 Å². The molecule has 132 valence electrons. The van der Waals surface area contributed by atoms with Crippen LogP contribution in [0.25, 0.3) is 11.0 Å². The first-order valence-corrected chi connectivity index (χ1v) is 8.47. The SMILES string of the molecule is NC(=O)c1nc2ccccc2nc1Nc1ccc(N2CCOCC2)cc1. The summed E-state index contributed by atoms with van der Waals surface area (Å²) in [5, 5.41) is 3.16. The summed E-state index contributed by atoms with van der Waals surface area (Å²) in [4.78, 5) is 22.9. The largest absolute Gasteiger partial charge is 0.378 e. The quantitative estimate of drug-likeness (QED) is 0.751. The summed E-state index contributed by atoms with van der Waals surface area (Å²) in [5.41, 5.74) is 8.89. The fourth-order valence-electron chi connectivity index (χ4n) is 2.97. The molecule has 3 N–H and O–H groups in total. The number of hydrogen-bond acceptors (Lipinski definition) is 6. The lowest BCUT2D eigenvalue weighted by molar-refractivity contribution is 0.0996. The summed E-state index contributed by atoms with van der Waals surface area (Å²) < 4.78 is 5.38. The fourth-order valence-corrected chi connectivity index (χ4v) is 2.97. The summed E-state index contributed by atoms with van der Waals surface area (Å²) in [7, 11) is 0. The van der Waals surface area contributed by atoms with Crippen molar-refractivity contribution < 1.29 is 9.53 Å². The Morgan fingerprint density at radius 3 is 2.31 bits per heavy atom. The van der Waals surface area contributed by atoms with Gasteiger partial charge in [0.1, 0.15) is 0 Å². The molecular formula is C19H19N5O2. The Hall–Kier alpha value is -3.19. The zero-order chi connectivity index (χ0) is 17.9. The van der Waals surface area contributed by atoms with Crippen LogP contribution in [-0.4, -0.2) is 42.2 Å². The number of benzene rings is 2. The van der Waals surface area contributed by atoms with Crippen LogP contribution >= 0.6 is 0 Å². The van der Waals surface area contributed by atoms with Gasteiger partial charge in [0.15, 0.2) is 11.5 Å². The Morgan fingerprint density at radius 2 is 1.65 bits per heavy atom. The molecule has 1 saturated heterocycles. The van der Waals surface area contributed by atoms with Gasteiger partial charge in [-0.15, -0.1) is 0 Å². The van der Waals surface area contributed by atoms with Crippen LogP contribution in [0.3, 0.4) is 0 Å². The number of morpholine rings is 1. The van der Waals surface area contributed by atoms with Crippen LogP contribution in [0.4, 0.5) is 17.2 Å². The first-order chi connectivity index (χ1) is 12.7. The maximum Gasteiger partial charge on any atom is 0.271 e. The van der Waals surface area contributed by atoms with Crippen molar-refractivity contribution >= 4 is 34.1 Å². The Balaban J connectivity index is 1.61. The molecule has 0 unspecified atom stereocenters. The molecule has 0 bridgehead atoms. The van der Waals surface area contributed by atoms with Gasteiger partial charge in [-0.1, -0.05) is 12.1 Å². The van der Waals surface area contributed by atoms with E-state index in [9.17, 15) is 4.79 Å². The van der Waals surface area contributed by atoms with Gasteiger partial charge in [-0.3, -0.25) is 4.79 Å². The lowest BCUT2D eigenvalue weighted by Crippen LogP contribution is -2.36. The van der Waals surface area contributed by atoms with Gasteiger partial charge in [0.05, 0.1) is 24.2 Å². The van der Waals surface area contributed by atoms with E-state index in [4.69, 9.17) is 10.5 Å². The summed E-state index contributed by atoms with van der Waals surface area (Å²) in [6.45, 7) is 3.26. The van der Waals surface area contributed by atoms with Crippen molar-refractivity contribution in [1.29, 1.82) is 0 Å². The number of amides is 1. The zero-order valence-corrected chi connectivity index (χ0v) is 14.2. The molecule has 2 heterocycles. The first kappa shape index (κ1) is 16.3. The van der Waals surface area contributed by atoms with E-state index in [-0.39, 0.29) is 5.69 Å². The monoisotopic (exact) mass is 349 g/mol. The Morgan fingerprint density at radius 1 is 1.00 bits per heavy atom. The number of aromatic nitrogens is 2. The van der Waals surface area contributed by atoms with E-state index in [1.165, 1.54) is 0 Å². The van der Waals surface area contributed by atoms with Crippen molar-refractivity contribution in [2.75, 3.05) is 36.5 Å². The van der Waals surface area contributed by atoms with E-state index in [0.717, 1.165) is 37.7 Å². The number of primary amides is 1. The van der Waals surface area contributed by atoms with Crippen LogP contribution in [0.15, 0.2) is 48.5 Å². The molecule has 0 spiro atoms. The van der Waals surface area contributed by atoms with Gasteiger partial charge in [0.2, 0.25) is 0 Å². The molecular weight excluding hydrogens is 330 g/mol. The second-order valence-electron chi connectivity index (χ2n) is 6.05. The van der Waals surface area contributed by atoms with E-state index in [0.29, 0.717) is 16.9 Å². The maximum absolute atomic E-state index is 11.8. The molecule has 1 aromatic heterocycles.